The van der Waals surface area contributed by atoms with Crippen LogP contribution in [0.15, 0.2) is 53.7 Å². The summed E-state index contributed by atoms with van der Waals surface area (Å²) < 4.78 is 7.52. The van der Waals surface area contributed by atoms with Crippen molar-refractivity contribution < 1.29 is 9.53 Å². The Bertz CT molecular complexity index is 1160. The molecule has 4 rings (SSSR count). The molecule has 0 aliphatic rings. The average Bonchev–Trinajstić information content (AvgIpc) is 3.00. The van der Waals surface area contributed by atoms with Gasteiger partial charge in [0.05, 0.1) is 23.6 Å². The third-order valence-electron chi connectivity index (χ3n) is 4.28. The van der Waals surface area contributed by atoms with Crippen LogP contribution in [-0.2, 0) is 11.8 Å². The lowest BCUT2D eigenvalue weighted by Crippen LogP contribution is -2.15. The predicted octanol–water partition coefficient (Wildman–Crippen LogP) is 3.65. The van der Waals surface area contributed by atoms with Gasteiger partial charge in [0.15, 0.2) is 5.65 Å². The molecule has 0 fully saturated rings. The van der Waals surface area contributed by atoms with Crippen molar-refractivity contribution in [2.75, 3.05) is 17.7 Å². The molecule has 0 aliphatic carbocycles. The zero-order valence-electron chi connectivity index (χ0n) is 15.5. The fourth-order valence-electron chi connectivity index (χ4n) is 3.02. The number of amides is 1. The van der Waals surface area contributed by atoms with Gasteiger partial charge < -0.3 is 14.6 Å². The zero-order valence-corrected chi connectivity index (χ0v) is 16.4. The highest BCUT2D eigenvalue weighted by Gasteiger charge is 2.14. The number of aryl methyl sites for hydroxylation is 1. The Morgan fingerprint density at radius 2 is 1.93 bits per heavy atom. The Morgan fingerprint density at radius 1 is 1.14 bits per heavy atom. The number of carbonyl (C=O) groups is 1. The Morgan fingerprint density at radius 3 is 2.79 bits per heavy atom. The van der Waals surface area contributed by atoms with Crippen LogP contribution >= 0.6 is 11.8 Å². The van der Waals surface area contributed by atoms with Crippen molar-refractivity contribution in [1.82, 2.24) is 19.7 Å². The van der Waals surface area contributed by atoms with E-state index in [-0.39, 0.29) is 11.7 Å². The third-order valence-corrected chi connectivity index (χ3v) is 5.12. The molecule has 0 atom stereocenters. The van der Waals surface area contributed by atoms with Gasteiger partial charge in [-0.2, -0.15) is 0 Å². The lowest BCUT2D eigenvalue weighted by atomic mass is 10.2. The highest BCUT2D eigenvalue weighted by Crippen LogP contribution is 2.27. The lowest BCUT2D eigenvalue weighted by molar-refractivity contribution is -0.113. The smallest absolute Gasteiger partial charge is 0.234 e. The zero-order chi connectivity index (χ0) is 19.5. The van der Waals surface area contributed by atoms with Crippen LogP contribution in [0.1, 0.15) is 6.92 Å². The molecule has 0 unspecified atom stereocenters. The van der Waals surface area contributed by atoms with Crippen LogP contribution in [0.5, 0.6) is 5.75 Å². The van der Waals surface area contributed by atoms with Crippen LogP contribution in [0.3, 0.4) is 0 Å². The van der Waals surface area contributed by atoms with Crippen LogP contribution in [0.4, 0.5) is 5.69 Å². The molecule has 2 aromatic carbocycles. The summed E-state index contributed by atoms with van der Waals surface area (Å²) in [6.07, 6.45) is 0. The number of aromatic nitrogens is 4. The van der Waals surface area contributed by atoms with Crippen LogP contribution in [0.2, 0.25) is 0 Å². The van der Waals surface area contributed by atoms with E-state index < -0.39 is 0 Å². The Kier molecular flexibility index (Phi) is 5.12. The molecule has 1 N–H and O–H groups in total. The standard InChI is InChI=1S/C20H19N5O2S/c1-3-27-16-11-7-5-9-14(16)21-17(26)12-28-20-22-19-18(23-24-20)13-8-4-6-10-15(13)25(19)2/h4-11H,3,12H2,1-2H3,(H,21,26). The largest absolute Gasteiger partial charge is 0.492 e. The van der Waals surface area contributed by atoms with Gasteiger partial charge in [-0.25, -0.2) is 4.98 Å². The van der Waals surface area contributed by atoms with Crippen LogP contribution < -0.4 is 10.1 Å². The van der Waals surface area contributed by atoms with Gasteiger partial charge in [-0.1, -0.05) is 42.1 Å². The maximum atomic E-state index is 12.3. The van der Waals surface area contributed by atoms with E-state index in [9.17, 15) is 4.79 Å². The van der Waals surface area contributed by atoms with Gasteiger partial charge in [0, 0.05) is 12.4 Å². The highest BCUT2D eigenvalue weighted by atomic mass is 32.2. The maximum Gasteiger partial charge on any atom is 0.234 e. The van der Waals surface area contributed by atoms with Crippen molar-refractivity contribution in [2.24, 2.45) is 7.05 Å². The minimum atomic E-state index is -0.155. The van der Waals surface area contributed by atoms with E-state index >= 15 is 0 Å². The molecule has 2 heterocycles. The number of rotatable bonds is 6. The number of nitrogens with one attached hydrogen (secondary N) is 1. The molecule has 0 bridgehead atoms. The first kappa shape index (κ1) is 18.2. The number of anilines is 1. The van der Waals surface area contributed by atoms with Crippen molar-refractivity contribution in [3.63, 3.8) is 0 Å². The molecule has 0 spiro atoms. The summed E-state index contributed by atoms with van der Waals surface area (Å²) >= 11 is 1.25. The van der Waals surface area contributed by atoms with E-state index in [1.165, 1.54) is 11.8 Å². The summed E-state index contributed by atoms with van der Waals surface area (Å²) in [5, 5.41) is 12.9. The first-order chi connectivity index (χ1) is 13.7. The number of benzene rings is 2. The van der Waals surface area contributed by atoms with Gasteiger partial charge in [0.1, 0.15) is 11.3 Å². The number of hydrogen-bond acceptors (Lipinski definition) is 6. The number of fused-ring (bicyclic) bond motifs is 3. The van der Waals surface area contributed by atoms with Gasteiger partial charge in [-0.05, 0) is 25.1 Å². The summed E-state index contributed by atoms with van der Waals surface area (Å²) in [6, 6.07) is 15.3. The second kappa shape index (κ2) is 7.85. The molecule has 4 aromatic rings. The Balaban J connectivity index is 1.49. The summed E-state index contributed by atoms with van der Waals surface area (Å²) in [5.74, 6) is 0.675. The minimum Gasteiger partial charge on any atom is -0.492 e. The van der Waals surface area contributed by atoms with E-state index in [0.717, 1.165) is 22.1 Å². The topological polar surface area (TPSA) is 81.9 Å². The average molecular weight is 393 g/mol. The highest BCUT2D eigenvalue weighted by molar-refractivity contribution is 7.99. The molecule has 28 heavy (non-hydrogen) atoms. The van der Waals surface area contributed by atoms with Crippen LogP contribution in [-0.4, -0.2) is 38.0 Å². The fraction of sp³-hybridized carbons (Fsp3) is 0.200. The first-order valence-corrected chi connectivity index (χ1v) is 9.88. The maximum absolute atomic E-state index is 12.3. The van der Waals surface area contributed by atoms with E-state index in [0.29, 0.717) is 23.2 Å². The van der Waals surface area contributed by atoms with Crippen molar-refractivity contribution >= 4 is 45.4 Å². The molecular formula is C20H19N5O2S. The van der Waals surface area contributed by atoms with E-state index in [1.54, 1.807) is 0 Å². The van der Waals surface area contributed by atoms with Gasteiger partial charge >= 0.3 is 0 Å². The number of thioether (sulfide) groups is 1. The van der Waals surface area contributed by atoms with Crippen LogP contribution in [0, 0.1) is 0 Å². The number of para-hydroxylation sites is 3. The molecule has 142 valence electrons. The molecule has 8 heteroatoms. The number of ether oxygens (including phenoxy) is 1. The van der Waals surface area contributed by atoms with Crippen molar-refractivity contribution in [2.45, 2.75) is 12.1 Å². The number of nitrogens with zero attached hydrogens (tertiary/aromatic N) is 4. The van der Waals surface area contributed by atoms with Gasteiger partial charge in [0.25, 0.3) is 0 Å². The molecule has 0 saturated carbocycles. The molecule has 0 aliphatic heterocycles. The quantitative estimate of drug-likeness (QED) is 0.504. The SMILES string of the molecule is CCOc1ccccc1NC(=O)CSc1nnc2c3ccccc3n(C)c2n1. The van der Waals surface area contributed by atoms with E-state index in [4.69, 9.17) is 4.74 Å². The molecule has 1 amide bonds. The first-order valence-electron chi connectivity index (χ1n) is 8.89. The van der Waals surface area contributed by atoms with Crippen molar-refractivity contribution in [3.05, 3.63) is 48.5 Å². The van der Waals surface area contributed by atoms with Crippen LogP contribution in [0.25, 0.3) is 22.1 Å². The lowest BCUT2D eigenvalue weighted by Gasteiger charge is -2.10. The molecular weight excluding hydrogens is 374 g/mol. The molecule has 0 saturated heterocycles. The van der Waals surface area contributed by atoms with Gasteiger partial charge in [0.2, 0.25) is 11.1 Å². The Hall–Kier alpha value is -3.13. The number of carbonyl (C=O) groups excluding carboxylic acids is 1. The van der Waals surface area contributed by atoms with Gasteiger partial charge in [-0.3, -0.25) is 4.79 Å². The Labute approximate surface area is 166 Å². The molecule has 2 aromatic heterocycles. The third kappa shape index (κ3) is 3.50. The van der Waals surface area contributed by atoms with Crippen molar-refractivity contribution in [1.29, 1.82) is 0 Å². The minimum absolute atomic E-state index is 0.155. The monoisotopic (exact) mass is 393 g/mol. The van der Waals surface area contributed by atoms with E-state index in [1.807, 2.05) is 67.1 Å². The normalized spacial score (nSPS) is 11.1. The second-order valence-electron chi connectivity index (χ2n) is 6.11. The number of hydrogen-bond donors (Lipinski definition) is 1. The van der Waals surface area contributed by atoms with Gasteiger partial charge in [-0.15, -0.1) is 10.2 Å². The summed E-state index contributed by atoms with van der Waals surface area (Å²) in [7, 11) is 1.95. The second-order valence-corrected chi connectivity index (χ2v) is 7.05. The summed E-state index contributed by atoms with van der Waals surface area (Å²) in [4.78, 5) is 16.9. The molecule has 7 nitrogen and oxygen atoms in total. The summed E-state index contributed by atoms with van der Waals surface area (Å²) in [5.41, 5.74) is 3.21. The molecule has 0 radical (unpaired) electrons. The fourth-order valence-corrected chi connectivity index (χ4v) is 3.60. The van der Waals surface area contributed by atoms with E-state index in [2.05, 4.69) is 20.5 Å². The predicted molar refractivity (Wildman–Crippen MR) is 111 cm³/mol. The summed E-state index contributed by atoms with van der Waals surface area (Å²) in [6.45, 7) is 2.44. The van der Waals surface area contributed by atoms with Crippen molar-refractivity contribution in [3.8, 4) is 5.75 Å².